The second kappa shape index (κ2) is 5.61. The van der Waals surface area contributed by atoms with Crippen LogP contribution >= 0.6 is 0 Å². The molecule has 1 aromatic rings. The Hall–Kier alpha value is -1.56. The third-order valence-corrected chi connectivity index (χ3v) is 3.11. The predicted octanol–water partition coefficient (Wildman–Crippen LogP) is 1.94. The maximum Gasteiger partial charge on any atom is 0.471 e. The first kappa shape index (κ1) is 13.9. The number of nitrogens with zero attached hydrogens (tertiary/aromatic N) is 1. The molecule has 1 atom stereocenters. The van der Waals surface area contributed by atoms with Crippen molar-refractivity contribution >= 4 is 5.91 Å². The van der Waals surface area contributed by atoms with Crippen molar-refractivity contribution in [2.45, 2.75) is 25.2 Å². The normalized spacial score (nSPS) is 20.5. The lowest BCUT2D eigenvalue weighted by Crippen LogP contribution is -2.44. The molecule has 0 radical (unpaired) electrons. The minimum atomic E-state index is -4.80. The van der Waals surface area contributed by atoms with Gasteiger partial charge in [0.25, 0.3) is 0 Å². The number of benzene rings is 1. The fourth-order valence-corrected chi connectivity index (χ4v) is 2.20. The number of amides is 1. The molecule has 0 spiro atoms. The van der Waals surface area contributed by atoms with Gasteiger partial charge in [0.2, 0.25) is 0 Å². The highest BCUT2D eigenvalue weighted by Gasteiger charge is 2.40. The average Bonchev–Trinajstić information content (AvgIpc) is 2.76. The van der Waals surface area contributed by atoms with E-state index >= 15 is 0 Å². The largest absolute Gasteiger partial charge is 0.471 e. The molecule has 2 rings (SSSR count). The molecular formula is C13H15F3N2O. The molecule has 104 valence electrons. The van der Waals surface area contributed by atoms with E-state index in [1.165, 1.54) is 0 Å². The van der Waals surface area contributed by atoms with Crippen LogP contribution in [0.5, 0.6) is 0 Å². The maximum absolute atomic E-state index is 12.1. The summed E-state index contributed by atoms with van der Waals surface area (Å²) in [6.45, 7) is 1.84. The number of likely N-dealkylation sites (tertiary alicyclic amines) is 1. The van der Waals surface area contributed by atoms with E-state index in [0.717, 1.165) is 5.56 Å². The molecule has 1 heterocycles. The highest BCUT2D eigenvalue weighted by molar-refractivity contribution is 5.81. The van der Waals surface area contributed by atoms with Gasteiger partial charge in [-0.05, 0) is 12.0 Å². The van der Waals surface area contributed by atoms with Crippen LogP contribution in [0.4, 0.5) is 13.2 Å². The van der Waals surface area contributed by atoms with Crippen LogP contribution in [-0.2, 0) is 11.3 Å². The summed E-state index contributed by atoms with van der Waals surface area (Å²) in [5.74, 6) is -1.85. The molecule has 1 amide bonds. The van der Waals surface area contributed by atoms with E-state index in [0.29, 0.717) is 26.1 Å². The van der Waals surface area contributed by atoms with Crippen molar-refractivity contribution in [1.82, 2.24) is 10.2 Å². The van der Waals surface area contributed by atoms with Gasteiger partial charge in [0.15, 0.2) is 0 Å². The second-order valence-electron chi connectivity index (χ2n) is 4.68. The van der Waals surface area contributed by atoms with E-state index in [9.17, 15) is 18.0 Å². The third-order valence-electron chi connectivity index (χ3n) is 3.11. The molecule has 1 aromatic carbocycles. The summed E-state index contributed by atoms with van der Waals surface area (Å²) in [4.78, 5) is 12.9. The van der Waals surface area contributed by atoms with Gasteiger partial charge in [0.1, 0.15) is 0 Å². The summed E-state index contributed by atoms with van der Waals surface area (Å²) < 4.78 is 36.4. The van der Waals surface area contributed by atoms with Gasteiger partial charge in [-0.1, -0.05) is 30.3 Å². The lowest BCUT2D eigenvalue weighted by molar-refractivity contribution is -0.174. The van der Waals surface area contributed by atoms with Gasteiger partial charge in [-0.25, -0.2) is 0 Å². The molecule has 0 bridgehead atoms. The van der Waals surface area contributed by atoms with E-state index < -0.39 is 18.1 Å². The van der Waals surface area contributed by atoms with Gasteiger partial charge in [-0.15, -0.1) is 0 Å². The summed E-state index contributed by atoms with van der Waals surface area (Å²) in [6.07, 6.45) is -4.25. The van der Waals surface area contributed by atoms with Crippen LogP contribution in [0, 0.1) is 0 Å². The molecule has 1 aliphatic heterocycles. The number of nitrogens with one attached hydrogen (secondary N) is 1. The highest BCUT2D eigenvalue weighted by atomic mass is 19.4. The fraction of sp³-hybridized carbons (Fsp3) is 0.462. The Labute approximate surface area is 109 Å². The number of hydrogen-bond acceptors (Lipinski definition) is 2. The first-order chi connectivity index (χ1) is 8.95. The number of hydrogen-bond donors (Lipinski definition) is 1. The van der Waals surface area contributed by atoms with Crippen LogP contribution in [-0.4, -0.2) is 36.1 Å². The van der Waals surface area contributed by atoms with Gasteiger partial charge >= 0.3 is 12.1 Å². The minimum Gasteiger partial charge on any atom is -0.344 e. The molecule has 0 saturated carbocycles. The highest BCUT2D eigenvalue weighted by Crippen LogP contribution is 2.18. The topological polar surface area (TPSA) is 32.3 Å². The summed E-state index contributed by atoms with van der Waals surface area (Å²) in [5.41, 5.74) is 1.12. The van der Waals surface area contributed by atoms with E-state index in [-0.39, 0.29) is 0 Å². The zero-order valence-electron chi connectivity index (χ0n) is 10.3. The summed E-state index contributed by atoms with van der Waals surface area (Å²) in [6, 6.07) is 9.30. The first-order valence-corrected chi connectivity index (χ1v) is 6.09. The van der Waals surface area contributed by atoms with Crippen molar-refractivity contribution in [2.24, 2.45) is 0 Å². The van der Waals surface area contributed by atoms with Gasteiger partial charge in [0, 0.05) is 25.7 Å². The molecule has 3 nitrogen and oxygen atoms in total. The zero-order chi connectivity index (χ0) is 13.9. The number of halogens is 3. The van der Waals surface area contributed by atoms with Crippen LogP contribution in [0.3, 0.4) is 0 Å². The maximum atomic E-state index is 12.1. The van der Waals surface area contributed by atoms with Crippen molar-refractivity contribution in [3.05, 3.63) is 35.9 Å². The molecule has 0 aromatic heterocycles. The van der Waals surface area contributed by atoms with Gasteiger partial charge in [-0.3, -0.25) is 9.69 Å². The Balaban J connectivity index is 1.82. The van der Waals surface area contributed by atoms with Crippen LogP contribution in [0.1, 0.15) is 12.0 Å². The third kappa shape index (κ3) is 3.96. The molecule has 6 heteroatoms. The Morgan fingerprint density at radius 3 is 2.63 bits per heavy atom. The average molecular weight is 272 g/mol. The van der Waals surface area contributed by atoms with E-state index in [4.69, 9.17) is 0 Å². The van der Waals surface area contributed by atoms with Gasteiger partial charge in [0.05, 0.1) is 0 Å². The van der Waals surface area contributed by atoms with E-state index in [2.05, 4.69) is 0 Å². The molecule has 1 N–H and O–H groups in total. The second-order valence-corrected chi connectivity index (χ2v) is 4.68. The van der Waals surface area contributed by atoms with Crippen molar-refractivity contribution in [3.63, 3.8) is 0 Å². The quantitative estimate of drug-likeness (QED) is 0.912. The fourth-order valence-electron chi connectivity index (χ4n) is 2.20. The molecule has 1 saturated heterocycles. The van der Waals surface area contributed by atoms with Gasteiger partial charge < -0.3 is 5.32 Å². The SMILES string of the molecule is O=C(N[C@@H]1CCN(Cc2ccccc2)C1)C(F)(F)F. The smallest absolute Gasteiger partial charge is 0.344 e. The summed E-state index contributed by atoms with van der Waals surface area (Å²) >= 11 is 0. The Morgan fingerprint density at radius 1 is 1.32 bits per heavy atom. The zero-order valence-corrected chi connectivity index (χ0v) is 10.3. The Kier molecular flexibility index (Phi) is 4.09. The standard InChI is InChI=1S/C13H15F3N2O/c14-13(15,16)12(19)17-11-6-7-18(9-11)8-10-4-2-1-3-5-10/h1-5,11H,6-9H2,(H,17,19)/t11-/m1/s1. The molecule has 19 heavy (non-hydrogen) atoms. The first-order valence-electron chi connectivity index (χ1n) is 6.09. The van der Waals surface area contributed by atoms with Crippen LogP contribution < -0.4 is 5.32 Å². The lowest BCUT2D eigenvalue weighted by Gasteiger charge is -2.17. The summed E-state index contributed by atoms with van der Waals surface area (Å²) in [7, 11) is 0. The van der Waals surface area contributed by atoms with E-state index in [1.807, 2.05) is 40.5 Å². The van der Waals surface area contributed by atoms with Crippen molar-refractivity contribution in [1.29, 1.82) is 0 Å². The van der Waals surface area contributed by atoms with E-state index in [1.54, 1.807) is 0 Å². The minimum absolute atomic E-state index is 0.419. The lowest BCUT2D eigenvalue weighted by atomic mass is 10.2. The molecule has 1 fully saturated rings. The van der Waals surface area contributed by atoms with Crippen LogP contribution in [0.15, 0.2) is 30.3 Å². The predicted molar refractivity (Wildman–Crippen MR) is 64.3 cm³/mol. The molecule has 1 aliphatic rings. The Morgan fingerprint density at radius 2 is 2.00 bits per heavy atom. The molecule has 0 unspecified atom stereocenters. The Bertz CT molecular complexity index is 433. The monoisotopic (exact) mass is 272 g/mol. The number of rotatable bonds is 3. The van der Waals surface area contributed by atoms with Crippen LogP contribution in [0.25, 0.3) is 0 Å². The summed E-state index contributed by atoms with van der Waals surface area (Å²) in [5, 5.41) is 2.03. The van der Waals surface area contributed by atoms with Crippen molar-refractivity contribution in [3.8, 4) is 0 Å². The number of alkyl halides is 3. The number of carbonyl (C=O) groups is 1. The molecular weight excluding hydrogens is 257 g/mol. The van der Waals surface area contributed by atoms with Crippen molar-refractivity contribution in [2.75, 3.05) is 13.1 Å². The van der Waals surface area contributed by atoms with Crippen LogP contribution in [0.2, 0.25) is 0 Å². The van der Waals surface area contributed by atoms with Gasteiger partial charge in [-0.2, -0.15) is 13.2 Å². The molecule has 0 aliphatic carbocycles. The number of carbonyl (C=O) groups excluding carboxylic acids is 1. The van der Waals surface area contributed by atoms with Crippen molar-refractivity contribution < 1.29 is 18.0 Å².